The highest BCUT2D eigenvalue weighted by Crippen LogP contribution is 2.32. The van der Waals surface area contributed by atoms with Crippen molar-refractivity contribution in [1.29, 1.82) is 10.5 Å². The summed E-state index contributed by atoms with van der Waals surface area (Å²) in [5.74, 6) is -0.232. The maximum absolute atomic E-state index is 12.3. The van der Waals surface area contributed by atoms with Crippen LogP contribution in [-0.4, -0.2) is 18.7 Å². The third-order valence-electron chi connectivity index (χ3n) is 4.78. The lowest BCUT2D eigenvalue weighted by atomic mass is 9.78. The number of nitriles is 2. The minimum atomic E-state index is -0.984. The Morgan fingerprint density at radius 1 is 0.966 bits per heavy atom. The van der Waals surface area contributed by atoms with Gasteiger partial charge in [-0.2, -0.15) is 10.5 Å². The van der Waals surface area contributed by atoms with E-state index in [1.165, 1.54) is 5.56 Å². The number of hydrogen-bond donors (Lipinski definition) is 0. The molecule has 0 fully saturated rings. The second-order valence-corrected chi connectivity index (χ2v) is 7.07. The summed E-state index contributed by atoms with van der Waals surface area (Å²) in [4.78, 5) is 12.3. The minimum absolute atomic E-state index is 0.193. The summed E-state index contributed by atoms with van der Waals surface area (Å²) in [7, 11) is 0. The molecule has 2 aromatic carbocycles. The molecule has 0 aromatic heterocycles. The molecule has 2 rings (SSSR count). The van der Waals surface area contributed by atoms with Gasteiger partial charge in [0.15, 0.2) is 0 Å². The van der Waals surface area contributed by atoms with E-state index < -0.39 is 12.1 Å². The normalized spacial score (nSPS) is 11.6. The molecular weight excluding hydrogens is 368 g/mol. The number of rotatable bonds is 10. The van der Waals surface area contributed by atoms with Crippen LogP contribution in [0, 0.1) is 23.0 Å². The van der Waals surface area contributed by atoms with Crippen LogP contribution in [0.2, 0.25) is 0 Å². The summed E-state index contributed by atoms with van der Waals surface area (Å²) < 4.78 is 14.8. The van der Waals surface area contributed by atoms with Crippen molar-refractivity contribution in [1.82, 2.24) is 0 Å². The van der Waals surface area contributed by atoms with E-state index in [-0.39, 0.29) is 12.0 Å². The van der Waals surface area contributed by atoms with Crippen molar-refractivity contribution < 1.29 is 19.0 Å². The van der Waals surface area contributed by atoms with E-state index in [1.807, 2.05) is 30.3 Å². The molecule has 0 saturated heterocycles. The van der Waals surface area contributed by atoms with E-state index in [1.54, 1.807) is 24.6 Å². The number of esters is 1. The Hall–Kier alpha value is -3.51. The maximum Gasteiger partial charge on any atom is 0.353 e. The molecule has 0 aliphatic carbocycles. The Labute approximate surface area is 171 Å². The van der Waals surface area contributed by atoms with Crippen molar-refractivity contribution in [3.05, 3.63) is 65.7 Å². The van der Waals surface area contributed by atoms with Crippen LogP contribution in [0.3, 0.4) is 0 Å². The standard InChI is InChI=1S/C23H24N2O4/c1-23(2,18-8-4-3-5-9-18)19-11-13-20(14-12-19)29-22(26)21(28-17-25)10-6-7-15-27-16-24/h3-5,8-9,11-14,21H,6-7,10,15H2,1-2H3. The molecule has 0 aliphatic rings. The third-order valence-corrected chi connectivity index (χ3v) is 4.78. The van der Waals surface area contributed by atoms with Gasteiger partial charge in [-0.3, -0.25) is 0 Å². The van der Waals surface area contributed by atoms with Gasteiger partial charge < -0.3 is 14.2 Å². The summed E-state index contributed by atoms with van der Waals surface area (Å²) in [5.41, 5.74) is 2.08. The van der Waals surface area contributed by atoms with Crippen LogP contribution in [0.4, 0.5) is 0 Å². The first-order valence-electron chi connectivity index (χ1n) is 9.42. The zero-order chi connectivity index (χ0) is 21.1. The Morgan fingerprint density at radius 3 is 2.24 bits per heavy atom. The Morgan fingerprint density at radius 2 is 1.62 bits per heavy atom. The lowest BCUT2D eigenvalue weighted by molar-refractivity contribution is -0.144. The highest BCUT2D eigenvalue weighted by atomic mass is 16.6. The van der Waals surface area contributed by atoms with E-state index in [9.17, 15) is 4.79 Å². The second kappa shape index (κ2) is 10.7. The van der Waals surface area contributed by atoms with Crippen LogP contribution >= 0.6 is 0 Å². The first kappa shape index (κ1) is 21.8. The highest BCUT2D eigenvalue weighted by molar-refractivity contribution is 5.77. The molecule has 6 heteroatoms. The molecule has 0 aliphatic heterocycles. The van der Waals surface area contributed by atoms with E-state index in [0.717, 1.165) is 5.56 Å². The van der Waals surface area contributed by atoms with Crippen molar-refractivity contribution in [3.63, 3.8) is 0 Å². The molecule has 6 nitrogen and oxygen atoms in total. The fourth-order valence-electron chi connectivity index (χ4n) is 2.98. The zero-order valence-electron chi connectivity index (χ0n) is 16.6. The van der Waals surface area contributed by atoms with E-state index >= 15 is 0 Å². The van der Waals surface area contributed by atoms with Crippen molar-refractivity contribution in [3.8, 4) is 18.3 Å². The van der Waals surface area contributed by atoms with Gasteiger partial charge in [-0.25, -0.2) is 4.79 Å². The molecule has 29 heavy (non-hydrogen) atoms. The minimum Gasteiger partial charge on any atom is -0.428 e. The monoisotopic (exact) mass is 392 g/mol. The van der Waals surface area contributed by atoms with E-state index in [0.29, 0.717) is 25.0 Å². The van der Waals surface area contributed by atoms with Crippen LogP contribution in [0.25, 0.3) is 0 Å². The average Bonchev–Trinajstić information content (AvgIpc) is 2.74. The molecule has 0 spiro atoms. The van der Waals surface area contributed by atoms with Gasteiger partial charge in [0.2, 0.25) is 6.10 Å². The van der Waals surface area contributed by atoms with Crippen molar-refractivity contribution in [2.75, 3.05) is 6.61 Å². The Bertz CT molecular complexity index is 864. The highest BCUT2D eigenvalue weighted by Gasteiger charge is 2.24. The van der Waals surface area contributed by atoms with Gasteiger partial charge in [-0.15, -0.1) is 0 Å². The lowest BCUT2D eigenvalue weighted by Gasteiger charge is -2.26. The molecule has 0 saturated carbocycles. The van der Waals surface area contributed by atoms with Crippen LogP contribution in [0.1, 0.15) is 44.2 Å². The van der Waals surface area contributed by atoms with Gasteiger partial charge in [0.25, 0.3) is 12.5 Å². The number of nitrogens with zero attached hydrogens (tertiary/aromatic N) is 2. The van der Waals surface area contributed by atoms with Crippen molar-refractivity contribution >= 4 is 5.97 Å². The molecule has 0 N–H and O–H groups in total. The SMILES string of the molecule is CC(C)(c1ccccc1)c1ccc(OC(=O)C(CCCCOC#N)OC#N)cc1. The van der Waals surface area contributed by atoms with Gasteiger partial charge in [-0.1, -0.05) is 56.3 Å². The average molecular weight is 392 g/mol. The van der Waals surface area contributed by atoms with Crippen LogP contribution in [-0.2, 0) is 19.7 Å². The van der Waals surface area contributed by atoms with Crippen LogP contribution in [0.5, 0.6) is 5.75 Å². The van der Waals surface area contributed by atoms with Gasteiger partial charge in [-0.05, 0) is 42.5 Å². The van der Waals surface area contributed by atoms with Crippen LogP contribution in [0.15, 0.2) is 54.6 Å². The fourth-order valence-corrected chi connectivity index (χ4v) is 2.98. The summed E-state index contributed by atoms with van der Waals surface area (Å²) in [6.07, 6.45) is 3.60. The number of ether oxygens (including phenoxy) is 3. The smallest absolute Gasteiger partial charge is 0.353 e. The number of benzene rings is 2. The fraction of sp³-hybridized carbons (Fsp3) is 0.348. The molecule has 0 amide bonds. The molecule has 1 atom stereocenters. The predicted molar refractivity (Wildman–Crippen MR) is 107 cm³/mol. The number of unbranched alkanes of at least 4 members (excludes halogenated alkanes) is 1. The molecule has 2 aromatic rings. The zero-order valence-corrected chi connectivity index (χ0v) is 16.6. The van der Waals surface area contributed by atoms with Gasteiger partial charge in [0, 0.05) is 5.41 Å². The Kier molecular flexibility index (Phi) is 8.06. The first-order valence-corrected chi connectivity index (χ1v) is 9.42. The summed E-state index contributed by atoms with van der Waals surface area (Å²) >= 11 is 0. The third kappa shape index (κ3) is 6.26. The lowest BCUT2D eigenvalue weighted by Crippen LogP contribution is -2.27. The van der Waals surface area contributed by atoms with Crippen molar-refractivity contribution in [2.24, 2.45) is 0 Å². The van der Waals surface area contributed by atoms with Crippen LogP contribution < -0.4 is 4.74 Å². The number of carbonyl (C=O) groups is 1. The Balaban J connectivity index is 1.99. The molecule has 0 bridgehead atoms. The van der Waals surface area contributed by atoms with E-state index in [4.69, 9.17) is 20.0 Å². The topological polar surface area (TPSA) is 92.3 Å². The van der Waals surface area contributed by atoms with E-state index in [2.05, 4.69) is 30.7 Å². The van der Waals surface area contributed by atoms with Crippen molar-refractivity contribution in [2.45, 2.75) is 44.6 Å². The summed E-state index contributed by atoms with van der Waals surface area (Å²) in [5, 5.41) is 17.1. The molecule has 1 unspecified atom stereocenters. The molecular formula is C23H24N2O4. The quantitative estimate of drug-likeness (QED) is 0.257. The largest absolute Gasteiger partial charge is 0.428 e. The summed E-state index contributed by atoms with van der Waals surface area (Å²) in [6.45, 7) is 4.54. The maximum atomic E-state index is 12.3. The first-order chi connectivity index (χ1) is 14.0. The number of carbonyl (C=O) groups excluding carboxylic acids is 1. The van der Waals surface area contributed by atoms with Gasteiger partial charge in [0.05, 0.1) is 0 Å². The van der Waals surface area contributed by atoms with Gasteiger partial charge in [0.1, 0.15) is 12.4 Å². The predicted octanol–water partition coefficient (Wildman–Crippen LogP) is 4.45. The molecule has 0 heterocycles. The molecule has 150 valence electrons. The number of hydrogen-bond acceptors (Lipinski definition) is 6. The van der Waals surface area contributed by atoms with Gasteiger partial charge >= 0.3 is 5.97 Å². The molecule has 0 radical (unpaired) electrons. The second-order valence-electron chi connectivity index (χ2n) is 7.07. The summed E-state index contributed by atoms with van der Waals surface area (Å²) in [6, 6.07) is 17.5.